The van der Waals surface area contributed by atoms with Crippen LogP contribution in [0.2, 0.25) is 0 Å². The van der Waals surface area contributed by atoms with Crippen LogP contribution in [0.1, 0.15) is 24.8 Å². The normalized spacial score (nSPS) is 22.2. The molecule has 0 saturated carbocycles. The van der Waals surface area contributed by atoms with Crippen LogP contribution in [0.25, 0.3) is 0 Å². The quantitative estimate of drug-likeness (QED) is 0.597. The van der Waals surface area contributed by atoms with Gasteiger partial charge in [-0.3, -0.25) is 4.90 Å². The molecule has 2 saturated heterocycles. The van der Waals surface area contributed by atoms with Crippen LogP contribution in [0, 0.1) is 5.92 Å². The number of fused-ring (bicyclic) bond motifs is 1. The molecule has 192 valence electrons. The topological polar surface area (TPSA) is 71.5 Å². The summed E-state index contributed by atoms with van der Waals surface area (Å²) >= 11 is 0. The van der Waals surface area contributed by atoms with E-state index in [0.717, 1.165) is 68.9 Å². The molecular formula is C26H36N2O5S2. The third-order valence-corrected chi connectivity index (χ3v) is 7.00. The number of likely N-dealkylation sites (tertiary alicyclic amines) is 1. The van der Waals surface area contributed by atoms with Crippen LogP contribution in [0.4, 0.5) is 4.79 Å². The highest BCUT2D eigenvalue weighted by molar-refractivity contribution is 7.59. The van der Waals surface area contributed by atoms with E-state index in [0.29, 0.717) is 19.1 Å². The molecular weight excluding hydrogens is 484 g/mol. The first kappa shape index (κ1) is 27.4. The van der Waals surface area contributed by atoms with E-state index in [1.54, 1.807) is 12.1 Å². The van der Waals surface area contributed by atoms with Gasteiger partial charge in [-0.1, -0.05) is 24.3 Å². The maximum atomic E-state index is 12.3. The van der Waals surface area contributed by atoms with Crippen molar-refractivity contribution in [3.8, 4) is 17.2 Å². The third kappa shape index (κ3) is 6.92. The van der Waals surface area contributed by atoms with Gasteiger partial charge in [0, 0.05) is 13.1 Å². The number of phenols is 1. The van der Waals surface area contributed by atoms with Crippen LogP contribution in [-0.2, 0) is 11.2 Å². The van der Waals surface area contributed by atoms with E-state index < -0.39 is 0 Å². The summed E-state index contributed by atoms with van der Waals surface area (Å²) in [6.07, 6.45) is 3.89. The Morgan fingerprint density at radius 1 is 0.914 bits per heavy atom. The summed E-state index contributed by atoms with van der Waals surface area (Å²) in [5.74, 6) is 2.54. The van der Waals surface area contributed by atoms with Gasteiger partial charge in [0.25, 0.3) is 0 Å². The van der Waals surface area contributed by atoms with Crippen LogP contribution in [0.3, 0.4) is 0 Å². The Labute approximate surface area is 221 Å². The van der Waals surface area contributed by atoms with Crippen molar-refractivity contribution in [1.29, 1.82) is 0 Å². The molecule has 3 heterocycles. The number of nitrogens with zero attached hydrogens (tertiary/aromatic N) is 2. The fourth-order valence-electron chi connectivity index (χ4n) is 5.06. The molecule has 3 aliphatic rings. The van der Waals surface area contributed by atoms with Crippen molar-refractivity contribution >= 4 is 33.1 Å². The van der Waals surface area contributed by atoms with Crippen LogP contribution < -0.4 is 9.47 Å². The molecule has 3 aliphatic heterocycles. The van der Waals surface area contributed by atoms with Crippen molar-refractivity contribution in [3.05, 3.63) is 54.1 Å². The fraction of sp³-hybridized carbons (Fsp3) is 0.500. The fourth-order valence-corrected chi connectivity index (χ4v) is 5.06. The van der Waals surface area contributed by atoms with Gasteiger partial charge in [0.05, 0.1) is 6.04 Å². The number of cyclic esters (lactones) is 1. The number of amides is 1. The van der Waals surface area contributed by atoms with E-state index in [2.05, 4.69) is 4.90 Å². The molecule has 5 rings (SSSR count). The summed E-state index contributed by atoms with van der Waals surface area (Å²) < 4.78 is 17.3. The number of ether oxygens (including phenoxy) is 3. The zero-order valence-corrected chi connectivity index (χ0v) is 21.9. The summed E-state index contributed by atoms with van der Waals surface area (Å²) in [7, 11) is 0. The number of hydrogen-bond acceptors (Lipinski definition) is 6. The molecule has 7 nitrogen and oxygen atoms in total. The molecule has 2 fully saturated rings. The minimum Gasteiger partial charge on any atom is -0.508 e. The summed E-state index contributed by atoms with van der Waals surface area (Å²) in [5, 5.41) is 9.48. The van der Waals surface area contributed by atoms with Gasteiger partial charge in [0.15, 0.2) is 11.5 Å². The minimum atomic E-state index is -0.203. The molecule has 2 atom stereocenters. The maximum absolute atomic E-state index is 12.3. The van der Waals surface area contributed by atoms with E-state index in [1.807, 2.05) is 41.3 Å². The lowest BCUT2D eigenvalue weighted by Gasteiger charge is -2.36. The third-order valence-electron chi connectivity index (χ3n) is 7.00. The van der Waals surface area contributed by atoms with E-state index in [9.17, 15) is 9.90 Å². The van der Waals surface area contributed by atoms with Crippen molar-refractivity contribution in [3.63, 3.8) is 0 Å². The standard InChI is InChI=1S/C26H32N2O5.2H2S/c29-22-7-5-20(6-8-22)15-21-17-32-26(30)28(21)14-11-19-9-12-27(13-10-19)16-23-18-31-24-3-1-2-4-25(24)33-23;;/h1-8,19,21,23,29H,9-18H2;2*1H2/t21-,23-;;/m0../s1. The van der Waals surface area contributed by atoms with Crippen molar-refractivity contribution in [2.45, 2.75) is 37.8 Å². The Morgan fingerprint density at radius 2 is 1.63 bits per heavy atom. The Bertz CT molecular complexity index is 953. The van der Waals surface area contributed by atoms with Crippen molar-refractivity contribution in [1.82, 2.24) is 9.80 Å². The van der Waals surface area contributed by atoms with Gasteiger partial charge >= 0.3 is 6.09 Å². The molecule has 35 heavy (non-hydrogen) atoms. The van der Waals surface area contributed by atoms with E-state index in [1.165, 1.54) is 0 Å². The molecule has 0 aromatic heterocycles. The molecule has 2 aromatic carbocycles. The number of rotatable bonds is 7. The molecule has 1 amide bonds. The molecule has 0 unspecified atom stereocenters. The molecule has 0 spiro atoms. The van der Waals surface area contributed by atoms with E-state index >= 15 is 0 Å². The van der Waals surface area contributed by atoms with Gasteiger partial charge in [0.1, 0.15) is 25.1 Å². The lowest BCUT2D eigenvalue weighted by molar-refractivity contribution is 0.0466. The molecule has 0 bridgehead atoms. The number of hydrogen-bond donors (Lipinski definition) is 1. The second-order valence-electron chi connectivity index (χ2n) is 9.32. The van der Waals surface area contributed by atoms with Crippen molar-refractivity contribution in [2.75, 3.05) is 39.4 Å². The highest BCUT2D eigenvalue weighted by Crippen LogP contribution is 2.31. The largest absolute Gasteiger partial charge is 0.508 e. The van der Waals surface area contributed by atoms with Crippen LogP contribution >= 0.6 is 27.0 Å². The lowest BCUT2D eigenvalue weighted by Crippen LogP contribution is -2.44. The number of benzene rings is 2. The SMILES string of the molecule is O=C1OC[C@H](Cc2ccc(O)cc2)N1CCC1CCN(C[C@H]2COc3ccccc3O2)CC1.S.S. The van der Waals surface area contributed by atoms with Gasteiger partial charge in [-0.2, -0.15) is 27.0 Å². The number of piperidine rings is 1. The Balaban J connectivity index is 0.00000171. The summed E-state index contributed by atoms with van der Waals surface area (Å²) in [6, 6.07) is 15.1. The minimum absolute atomic E-state index is 0. The van der Waals surface area contributed by atoms with Crippen LogP contribution in [0.5, 0.6) is 17.2 Å². The Hall–Kier alpha value is -2.23. The average Bonchev–Trinajstić information content (AvgIpc) is 3.19. The number of para-hydroxylation sites is 2. The first-order chi connectivity index (χ1) is 16.1. The summed E-state index contributed by atoms with van der Waals surface area (Å²) in [4.78, 5) is 16.7. The summed E-state index contributed by atoms with van der Waals surface area (Å²) in [6.45, 7) is 4.75. The zero-order valence-electron chi connectivity index (χ0n) is 19.9. The molecule has 9 heteroatoms. The summed E-state index contributed by atoms with van der Waals surface area (Å²) in [5.41, 5.74) is 1.10. The number of carbonyl (C=O) groups excluding carboxylic acids is 1. The second kappa shape index (κ2) is 12.6. The van der Waals surface area contributed by atoms with Gasteiger partial charge in [-0.15, -0.1) is 0 Å². The molecule has 1 N–H and O–H groups in total. The van der Waals surface area contributed by atoms with Crippen molar-refractivity contribution < 1.29 is 24.1 Å². The first-order valence-corrected chi connectivity index (χ1v) is 12.0. The zero-order chi connectivity index (χ0) is 22.6. The molecule has 2 aromatic rings. The van der Waals surface area contributed by atoms with E-state index in [-0.39, 0.29) is 51.0 Å². The smallest absolute Gasteiger partial charge is 0.410 e. The number of phenolic OH excluding ortho intramolecular Hbond substituents is 1. The van der Waals surface area contributed by atoms with Gasteiger partial charge in [-0.25, -0.2) is 4.79 Å². The highest BCUT2D eigenvalue weighted by Gasteiger charge is 2.33. The van der Waals surface area contributed by atoms with E-state index in [4.69, 9.17) is 14.2 Å². The van der Waals surface area contributed by atoms with Gasteiger partial charge < -0.3 is 24.2 Å². The maximum Gasteiger partial charge on any atom is 0.410 e. The molecule has 0 aliphatic carbocycles. The average molecular weight is 521 g/mol. The lowest BCUT2D eigenvalue weighted by atomic mass is 9.93. The van der Waals surface area contributed by atoms with Crippen LogP contribution in [0.15, 0.2) is 48.5 Å². The highest BCUT2D eigenvalue weighted by atomic mass is 32.1. The monoisotopic (exact) mass is 520 g/mol. The predicted molar refractivity (Wildman–Crippen MR) is 145 cm³/mol. The predicted octanol–water partition coefficient (Wildman–Crippen LogP) is 3.92. The Kier molecular flexibility index (Phi) is 9.89. The number of carbonyl (C=O) groups is 1. The van der Waals surface area contributed by atoms with Crippen molar-refractivity contribution in [2.24, 2.45) is 5.92 Å². The molecule has 0 radical (unpaired) electrons. The van der Waals surface area contributed by atoms with Gasteiger partial charge in [-0.05, 0) is 74.5 Å². The second-order valence-corrected chi connectivity index (χ2v) is 9.32. The van der Waals surface area contributed by atoms with Gasteiger partial charge in [0.2, 0.25) is 0 Å². The first-order valence-electron chi connectivity index (χ1n) is 12.0. The number of aromatic hydroxyl groups is 1. The van der Waals surface area contributed by atoms with Crippen LogP contribution in [-0.4, -0.2) is 72.5 Å². The Morgan fingerprint density at radius 3 is 2.37 bits per heavy atom.